The van der Waals surface area contributed by atoms with Gasteiger partial charge in [-0.2, -0.15) is 0 Å². The lowest BCUT2D eigenvalue weighted by molar-refractivity contribution is 0.0954. The first-order chi connectivity index (χ1) is 11.5. The van der Waals surface area contributed by atoms with Crippen LogP contribution in [-0.2, 0) is 0 Å². The minimum atomic E-state index is -0.152. The highest BCUT2D eigenvalue weighted by atomic mass is 35.5. The van der Waals surface area contributed by atoms with Crippen LogP contribution in [0.15, 0.2) is 42.5 Å². The van der Waals surface area contributed by atoms with E-state index >= 15 is 0 Å². The summed E-state index contributed by atoms with van der Waals surface area (Å²) >= 11 is 5.88. The van der Waals surface area contributed by atoms with E-state index in [4.69, 9.17) is 21.1 Å². The predicted molar refractivity (Wildman–Crippen MR) is 96.6 cm³/mol. The van der Waals surface area contributed by atoms with Gasteiger partial charge in [-0.3, -0.25) is 4.79 Å². The molecule has 0 aromatic heterocycles. The molecule has 0 aliphatic rings. The van der Waals surface area contributed by atoms with Gasteiger partial charge in [0.2, 0.25) is 0 Å². The molecule has 0 heterocycles. The van der Waals surface area contributed by atoms with Gasteiger partial charge in [0.25, 0.3) is 5.91 Å². The molecule has 0 saturated carbocycles. The Morgan fingerprint density at radius 1 is 1.08 bits per heavy atom. The number of carbonyl (C=O) groups is 1. The molecular formula is C18H21ClN2O3. The van der Waals surface area contributed by atoms with Gasteiger partial charge in [0.05, 0.1) is 14.2 Å². The molecule has 0 atom stereocenters. The van der Waals surface area contributed by atoms with Crippen molar-refractivity contribution >= 4 is 23.2 Å². The van der Waals surface area contributed by atoms with Crippen LogP contribution in [0, 0.1) is 0 Å². The predicted octanol–water partition coefficient (Wildman–Crippen LogP) is 3.22. The van der Waals surface area contributed by atoms with Crippen molar-refractivity contribution in [3.63, 3.8) is 0 Å². The van der Waals surface area contributed by atoms with Crippen LogP contribution in [0.2, 0.25) is 5.02 Å². The molecule has 0 saturated heterocycles. The maximum atomic E-state index is 12.2. The van der Waals surface area contributed by atoms with Crippen LogP contribution in [0.25, 0.3) is 0 Å². The SMILES string of the molecule is COc1ccc(C(=O)NCCN(C)c2ccc(Cl)cc2)cc1OC. The summed E-state index contributed by atoms with van der Waals surface area (Å²) in [6.45, 7) is 1.20. The first-order valence-corrected chi connectivity index (χ1v) is 7.90. The van der Waals surface area contributed by atoms with Gasteiger partial charge in [0, 0.05) is 36.4 Å². The second kappa shape index (κ2) is 8.45. The molecule has 6 heteroatoms. The minimum absolute atomic E-state index is 0.152. The maximum Gasteiger partial charge on any atom is 0.251 e. The Morgan fingerprint density at radius 2 is 1.75 bits per heavy atom. The molecule has 0 aliphatic heterocycles. The molecule has 0 radical (unpaired) electrons. The number of rotatable bonds is 7. The number of hydrogen-bond donors (Lipinski definition) is 1. The van der Waals surface area contributed by atoms with E-state index < -0.39 is 0 Å². The number of nitrogens with one attached hydrogen (secondary N) is 1. The molecule has 0 unspecified atom stereocenters. The molecule has 24 heavy (non-hydrogen) atoms. The van der Waals surface area contributed by atoms with E-state index in [9.17, 15) is 4.79 Å². The number of hydrogen-bond acceptors (Lipinski definition) is 4. The number of amides is 1. The highest BCUT2D eigenvalue weighted by Gasteiger charge is 2.10. The largest absolute Gasteiger partial charge is 0.493 e. The summed E-state index contributed by atoms with van der Waals surface area (Å²) in [5.41, 5.74) is 1.57. The molecular weight excluding hydrogens is 328 g/mol. The highest BCUT2D eigenvalue weighted by Crippen LogP contribution is 2.27. The Hall–Kier alpha value is -2.40. The van der Waals surface area contributed by atoms with E-state index in [1.54, 1.807) is 32.4 Å². The third kappa shape index (κ3) is 4.55. The quantitative estimate of drug-likeness (QED) is 0.834. The fourth-order valence-electron chi connectivity index (χ4n) is 2.24. The van der Waals surface area contributed by atoms with Crippen molar-refractivity contribution in [1.82, 2.24) is 5.32 Å². The molecule has 0 spiro atoms. The van der Waals surface area contributed by atoms with Crippen LogP contribution in [0.1, 0.15) is 10.4 Å². The summed E-state index contributed by atoms with van der Waals surface area (Å²) in [6.07, 6.45) is 0. The monoisotopic (exact) mass is 348 g/mol. The van der Waals surface area contributed by atoms with Crippen molar-refractivity contribution in [3.8, 4) is 11.5 Å². The van der Waals surface area contributed by atoms with Gasteiger partial charge in [-0.05, 0) is 42.5 Å². The topological polar surface area (TPSA) is 50.8 Å². The molecule has 0 aliphatic carbocycles. The Labute approximate surface area is 147 Å². The lowest BCUT2D eigenvalue weighted by Crippen LogP contribution is -2.32. The van der Waals surface area contributed by atoms with Crippen molar-refractivity contribution in [2.24, 2.45) is 0 Å². The summed E-state index contributed by atoms with van der Waals surface area (Å²) in [5.74, 6) is 0.973. The van der Waals surface area contributed by atoms with E-state index in [2.05, 4.69) is 5.32 Å². The van der Waals surface area contributed by atoms with Gasteiger partial charge in [-0.1, -0.05) is 11.6 Å². The van der Waals surface area contributed by atoms with Crippen LogP contribution in [0.5, 0.6) is 11.5 Å². The third-order valence-corrected chi connectivity index (χ3v) is 3.90. The van der Waals surface area contributed by atoms with Crippen LogP contribution in [0.4, 0.5) is 5.69 Å². The number of nitrogens with zero attached hydrogens (tertiary/aromatic N) is 1. The van der Waals surface area contributed by atoms with Crippen molar-refractivity contribution in [2.45, 2.75) is 0 Å². The fraction of sp³-hybridized carbons (Fsp3) is 0.278. The first-order valence-electron chi connectivity index (χ1n) is 7.52. The first kappa shape index (κ1) is 17.9. The minimum Gasteiger partial charge on any atom is -0.493 e. The Bertz CT molecular complexity index is 689. The Morgan fingerprint density at radius 3 is 2.38 bits per heavy atom. The van der Waals surface area contributed by atoms with Crippen LogP contribution in [-0.4, -0.2) is 40.3 Å². The third-order valence-electron chi connectivity index (χ3n) is 3.65. The van der Waals surface area contributed by atoms with Crippen LogP contribution < -0.4 is 19.7 Å². The molecule has 1 N–H and O–H groups in total. The molecule has 2 aromatic rings. The second-order valence-electron chi connectivity index (χ2n) is 5.22. The van der Waals surface area contributed by atoms with Gasteiger partial charge < -0.3 is 19.7 Å². The standard InChI is InChI=1S/C18H21ClN2O3/c1-21(15-7-5-14(19)6-8-15)11-10-20-18(22)13-4-9-16(23-2)17(12-13)24-3/h4-9,12H,10-11H2,1-3H3,(H,20,22). The summed E-state index contributed by atoms with van der Waals surface area (Å²) in [4.78, 5) is 14.3. The molecule has 128 valence electrons. The fourth-order valence-corrected chi connectivity index (χ4v) is 2.37. The van der Waals surface area contributed by atoms with E-state index in [0.717, 1.165) is 5.69 Å². The summed E-state index contributed by atoms with van der Waals surface area (Å²) < 4.78 is 10.4. The van der Waals surface area contributed by atoms with Gasteiger partial charge in [-0.25, -0.2) is 0 Å². The Balaban J connectivity index is 1.90. The number of benzene rings is 2. The smallest absolute Gasteiger partial charge is 0.251 e. The van der Waals surface area contributed by atoms with Crippen LogP contribution in [0.3, 0.4) is 0 Å². The van der Waals surface area contributed by atoms with Crippen molar-refractivity contribution < 1.29 is 14.3 Å². The molecule has 0 bridgehead atoms. The summed E-state index contributed by atoms with van der Waals surface area (Å²) in [5, 5.41) is 3.60. The lowest BCUT2D eigenvalue weighted by Gasteiger charge is -2.19. The molecule has 1 amide bonds. The number of likely N-dealkylation sites (N-methyl/N-ethyl adjacent to an activating group) is 1. The maximum absolute atomic E-state index is 12.2. The average Bonchev–Trinajstić information content (AvgIpc) is 2.61. The number of carbonyl (C=O) groups excluding carboxylic acids is 1. The number of anilines is 1. The lowest BCUT2D eigenvalue weighted by atomic mass is 10.2. The number of methoxy groups -OCH3 is 2. The van der Waals surface area contributed by atoms with E-state index in [1.807, 2.05) is 36.2 Å². The average molecular weight is 349 g/mol. The van der Waals surface area contributed by atoms with Crippen molar-refractivity contribution in [1.29, 1.82) is 0 Å². The summed E-state index contributed by atoms with van der Waals surface area (Å²) in [7, 11) is 5.07. The molecule has 2 aromatic carbocycles. The van der Waals surface area contributed by atoms with Crippen LogP contribution >= 0.6 is 11.6 Å². The zero-order chi connectivity index (χ0) is 17.5. The van der Waals surface area contributed by atoms with Gasteiger partial charge in [0.15, 0.2) is 11.5 Å². The molecule has 5 nitrogen and oxygen atoms in total. The zero-order valence-electron chi connectivity index (χ0n) is 14.0. The van der Waals surface area contributed by atoms with E-state index in [1.165, 1.54) is 0 Å². The zero-order valence-corrected chi connectivity index (χ0v) is 14.8. The van der Waals surface area contributed by atoms with E-state index in [-0.39, 0.29) is 5.91 Å². The van der Waals surface area contributed by atoms with Gasteiger partial charge >= 0.3 is 0 Å². The Kier molecular flexibility index (Phi) is 6.32. The van der Waals surface area contributed by atoms with E-state index in [0.29, 0.717) is 35.2 Å². The van der Waals surface area contributed by atoms with Gasteiger partial charge in [0.1, 0.15) is 0 Å². The number of halogens is 1. The normalized spacial score (nSPS) is 10.2. The highest BCUT2D eigenvalue weighted by molar-refractivity contribution is 6.30. The van der Waals surface area contributed by atoms with Gasteiger partial charge in [-0.15, -0.1) is 0 Å². The summed E-state index contributed by atoms with van der Waals surface area (Å²) in [6, 6.07) is 12.7. The molecule has 2 rings (SSSR count). The molecule has 0 fully saturated rings. The van der Waals surface area contributed by atoms with Crippen molar-refractivity contribution in [2.75, 3.05) is 39.3 Å². The van der Waals surface area contributed by atoms with Crippen molar-refractivity contribution in [3.05, 3.63) is 53.1 Å². The second-order valence-corrected chi connectivity index (χ2v) is 5.66. The number of ether oxygens (including phenoxy) is 2.